The van der Waals surface area contributed by atoms with Crippen molar-refractivity contribution in [2.75, 3.05) is 10.2 Å². The molecule has 4 nitrogen and oxygen atoms in total. The molecule has 9 heteroatoms. The molecule has 0 unspecified atom stereocenters. The maximum atomic E-state index is 13.4. The number of aryl methyl sites for hydroxylation is 1. The second kappa shape index (κ2) is 9.38. The number of hydrogen-bond donors (Lipinski definition) is 1. The van der Waals surface area contributed by atoms with Gasteiger partial charge in [0.25, 0.3) is 11.8 Å². The summed E-state index contributed by atoms with van der Waals surface area (Å²) in [6.07, 6.45) is 0. The van der Waals surface area contributed by atoms with Gasteiger partial charge in [-0.05, 0) is 67.1 Å². The van der Waals surface area contributed by atoms with E-state index in [1.807, 2.05) is 13.0 Å². The van der Waals surface area contributed by atoms with E-state index in [0.717, 1.165) is 27.1 Å². The summed E-state index contributed by atoms with van der Waals surface area (Å²) < 4.78 is 0. The second-order valence-corrected chi connectivity index (χ2v) is 9.72. The van der Waals surface area contributed by atoms with Crippen molar-refractivity contribution < 1.29 is 9.59 Å². The Morgan fingerprint density at radius 2 is 1.44 bits per heavy atom. The van der Waals surface area contributed by atoms with E-state index in [0.29, 0.717) is 25.8 Å². The number of anilines is 2. The summed E-state index contributed by atoms with van der Waals surface area (Å²) >= 11 is 25.6. The topological polar surface area (TPSA) is 49.4 Å². The molecule has 0 bridgehead atoms. The van der Waals surface area contributed by atoms with Crippen molar-refractivity contribution in [3.63, 3.8) is 0 Å². The van der Waals surface area contributed by atoms with Gasteiger partial charge in [0, 0.05) is 30.7 Å². The molecule has 3 aromatic rings. The first kappa shape index (κ1) is 23.0. The van der Waals surface area contributed by atoms with Crippen molar-refractivity contribution in [1.29, 1.82) is 0 Å². The first-order valence-corrected chi connectivity index (χ1v) is 11.6. The Morgan fingerprint density at radius 3 is 2.06 bits per heavy atom. The van der Waals surface area contributed by atoms with Crippen LogP contribution in [-0.4, -0.2) is 11.8 Å². The quantitative estimate of drug-likeness (QED) is 0.350. The van der Waals surface area contributed by atoms with Crippen molar-refractivity contribution >= 4 is 81.4 Å². The molecule has 162 valence electrons. The van der Waals surface area contributed by atoms with E-state index in [9.17, 15) is 9.59 Å². The van der Waals surface area contributed by atoms with Crippen LogP contribution in [0.25, 0.3) is 0 Å². The van der Waals surface area contributed by atoms with Crippen molar-refractivity contribution in [2.24, 2.45) is 0 Å². The zero-order chi connectivity index (χ0) is 23.0. The summed E-state index contributed by atoms with van der Waals surface area (Å²) in [6.45, 7) is 1.88. The molecular formula is C23H14Cl4N2O2S. The van der Waals surface area contributed by atoms with Gasteiger partial charge in [-0.3, -0.25) is 9.59 Å². The van der Waals surface area contributed by atoms with Crippen molar-refractivity contribution in [1.82, 2.24) is 0 Å². The van der Waals surface area contributed by atoms with Gasteiger partial charge in [-0.2, -0.15) is 0 Å². The zero-order valence-electron chi connectivity index (χ0n) is 16.5. The Labute approximate surface area is 209 Å². The molecule has 0 saturated carbocycles. The molecule has 2 amide bonds. The van der Waals surface area contributed by atoms with Crippen LogP contribution in [0.2, 0.25) is 20.1 Å². The lowest BCUT2D eigenvalue weighted by molar-refractivity contribution is -0.120. The highest BCUT2D eigenvalue weighted by Gasteiger charge is 2.40. The fourth-order valence-corrected chi connectivity index (χ4v) is 4.80. The number of amides is 2. The van der Waals surface area contributed by atoms with Gasteiger partial charge in [-0.15, -0.1) is 0 Å². The maximum Gasteiger partial charge on any atom is 0.283 e. The highest BCUT2D eigenvalue weighted by atomic mass is 35.5. The number of imide groups is 1. The lowest BCUT2D eigenvalue weighted by atomic mass is 10.2. The number of carbonyl (C=O) groups is 2. The summed E-state index contributed by atoms with van der Waals surface area (Å²) in [5.74, 6) is -1.02. The van der Waals surface area contributed by atoms with Crippen LogP contribution in [-0.2, 0) is 9.59 Å². The molecule has 3 aromatic carbocycles. The highest BCUT2D eigenvalue weighted by molar-refractivity contribution is 8.04. The average molecular weight is 524 g/mol. The number of thioether (sulfide) groups is 1. The molecule has 0 saturated heterocycles. The first-order chi connectivity index (χ1) is 15.2. The second-order valence-electron chi connectivity index (χ2n) is 6.92. The number of nitrogens with one attached hydrogen (secondary N) is 1. The Morgan fingerprint density at radius 1 is 0.781 bits per heavy atom. The molecule has 0 atom stereocenters. The molecule has 0 spiro atoms. The van der Waals surface area contributed by atoms with Gasteiger partial charge in [0.2, 0.25) is 0 Å². The number of nitrogens with zero attached hydrogens (tertiary/aromatic N) is 1. The minimum atomic E-state index is -0.526. The minimum Gasteiger partial charge on any atom is -0.350 e. The SMILES string of the molecule is Cc1ccc(NC2=C(Sc3ccc(Cl)cc3)C(=O)N(c3cc(Cl)cc(Cl)c3)C2=O)cc1Cl. The van der Waals surface area contributed by atoms with Crippen molar-refractivity contribution in [3.8, 4) is 0 Å². The van der Waals surface area contributed by atoms with Gasteiger partial charge in [-0.1, -0.05) is 64.2 Å². The number of benzene rings is 3. The minimum absolute atomic E-state index is 0.131. The van der Waals surface area contributed by atoms with E-state index in [1.165, 1.54) is 18.2 Å². The molecule has 1 aliphatic heterocycles. The molecular weight excluding hydrogens is 510 g/mol. The molecule has 0 fully saturated rings. The predicted molar refractivity (Wildman–Crippen MR) is 133 cm³/mol. The molecule has 32 heavy (non-hydrogen) atoms. The first-order valence-electron chi connectivity index (χ1n) is 9.28. The lowest BCUT2D eigenvalue weighted by Crippen LogP contribution is -2.32. The third kappa shape index (κ3) is 4.77. The maximum absolute atomic E-state index is 13.4. The Bertz CT molecular complexity index is 1260. The molecule has 4 rings (SSSR count). The fraction of sp³-hybridized carbons (Fsp3) is 0.0435. The highest BCUT2D eigenvalue weighted by Crippen LogP contribution is 2.39. The van der Waals surface area contributed by atoms with Crippen LogP contribution < -0.4 is 10.2 Å². The summed E-state index contributed by atoms with van der Waals surface area (Å²) in [4.78, 5) is 28.8. The van der Waals surface area contributed by atoms with Gasteiger partial charge in [-0.25, -0.2) is 4.90 Å². The molecule has 1 heterocycles. The monoisotopic (exact) mass is 522 g/mol. The van der Waals surface area contributed by atoms with Gasteiger partial charge in [0.1, 0.15) is 10.6 Å². The fourth-order valence-electron chi connectivity index (χ4n) is 3.05. The van der Waals surface area contributed by atoms with Gasteiger partial charge < -0.3 is 5.32 Å². The summed E-state index contributed by atoms with van der Waals surface area (Å²) in [7, 11) is 0. The third-order valence-corrected chi connectivity index (χ3v) is 6.81. The van der Waals surface area contributed by atoms with E-state index in [-0.39, 0.29) is 16.3 Å². The lowest BCUT2D eigenvalue weighted by Gasteiger charge is -2.16. The van der Waals surface area contributed by atoms with Crippen LogP contribution in [0, 0.1) is 6.92 Å². The normalized spacial score (nSPS) is 13.8. The molecule has 1 N–H and O–H groups in total. The summed E-state index contributed by atoms with van der Waals surface area (Å²) in [5.41, 5.74) is 1.89. The van der Waals surface area contributed by atoms with Crippen LogP contribution in [0.3, 0.4) is 0 Å². The van der Waals surface area contributed by atoms with Gasteiger partial charge in [0.15, 0.2) is 0 Å². The number of carbonyl (C=O) groups excluding carboxylic acids is 2. The van der Waals surface area contributed by atoms with Crippen LogP contribution in [0.4, 0.5) is 11.4 Å². The van der Waals surface area contributed by atoms with E-state index >= 15 is 0 Å². The van der Waals surface area contributed by atoms with Crippen LogP contribution in [0.1, 0.15) is 5.56 Å². The van der Waals surface area contributed by atoms with Gasteiger partial charge >= 0.3 is 0 Å². The number of hydrogen-bond acceptors (Lipinski definition) is 4. The number of halogens is 4. The Kier molecular flexibility index (Phi) is 6.75. The average Bonchev–Trinajstić information content (AvgIpc) is 2.95. The molecule has 0 aliphatic carbocycles. The molecule has 1 aliphatic rings. The van der Waals surface area contributed by atoms with E-state index in [2.05, 4.69) is 5.32 Å². The molecule has 0 aromatic heterocycles. The van der Waals surface area contributed by atoms with E-state index in [4.69, 9.17) is 46.4 Å². The Balaban J connectivity index is 1.77. The van der Waals surface area contributed by atoms with Crippen molar-refractivity contribution in [3.05, 3.63) is 96.9 Å². The van der Waals surface area contributed by atoms with Crippen LogP contribution >= 0.6 is 58.2 Å². The summed E-state index contributed by atoms with van der Waals surface area (Å²) in [5, 5.41) is 4.80. The third-order valence-electron chi connectivity index (χ3n) is 4.62. The smallest absolute Gasteiger partial charge is 0.283 e. The zero-order valence-corrected chi connectivity index (χ0v) is 20.3. The van der Waals surface area contributed by atoms with E-state index < -0.39 is 11.8 Å². The van der Waals surface area contributed by atoms with E-state index in [1.54, 1.807) is 36.4 Å². The van der Waals surface area contributed by atoms with Gasteiger partial charge in [0.05, 0.1) is 5.69 Å². The number of rotatable bonds is 5. The standard InChI is InChI=1S/C23H14Cl4N2O2S/c1-12-2-5-16(11-19(12)27)28-20-21(32-18-6-3-13(24)4-7-18)23(31)29(22(20)30)17-9-14(25)8-15(26)10-17/h2-11,28H,1H3. The molecule has 0 radical (unpaired) electrons. The van der Waals surface area contributed by atoms with Crippen LogP contribution in [0.15, 0.2) is 76.2 Å². The van der Waals surface area contributed by atoms with Crippen LogP contribution in [0.5, 0.6) is 0 Å². The Hall–Kier alpha value is -2.15. The van der Waals surface area contributed by atoms with Crippen molar-refractivity contribution in [2.45, 2.75) is 11.8 Å². The summed E-state index contributed by atoms with van der Waals surface area (Å²) in [6, 6.07) is 16.8. The predicted octanol–water partition coefficient (Wildman–Crippen LogP) is 7.60. The largest absolute Gasteiger partial charge is 0.350 e.